The SMILES string of the molecule is O=C(NCCc1ccccc1F)C(=O)c1c[nH]c2cc(F)ccc12. The lowest BCUT2D eigenvalue weighted by molar-refractivity contribution is -0.116. The average molecular weight is 328 g/mol. The molecule has 1 amide bonds. The first-order valence-corrected chi connectivity index (χ1v) is 7.39. The van der Waals surface area contributed by atoms with Gasteiger partial charge in [-0.2, -0.15) is 0 Å². The number of amides is 1. The van der Waals surface area contributed by atoms with Crippen LogP contribution in [0.15, 0.2) is 48.7 Å². The molecule has 0 bridgehead atoms. The number of aromatic amines is 1. The number of carbonyl (C=O) groups is 2. The first kappa shape index (κ1) is 15.9. The Morgan fingerprint density at radius 2 is 1.88 bits per heavy atom. The van der Waals surface area contributed by atoms with Crippen molar-refractivity contribution in [3.63, 3.8) is 0 Å². The van der Waals surface area contributed by atoms with Gasteiger partial charge >= 0.3 is 0 Å². The molecule has 6 heteroatoms. The molecule has 0 aliphatic heterocycles. The highest BCUT2D eigenvalue weighted by atomic mass is 19.1. The summed E-state index contributed by atoms with van der Waals surface area (Å²) in [6, 6.07) is 10.2. The number of Topliss-reactive ketones (excluding diaryl/α,β-unsaturated/α-hetero) is 1. The van der Waals surface area contributed by atoms with E-state index in [9.17, 15) is 18.4 Å². The van der Waals surface area contributed by atoms with Gasteiger partial charge < -0.3 is 10.3 Å². The lowest BCUT2D eigenvalue weighted by atomic mass is 10.1. The van der Waals surface area contributed by atoms with Gasteiger partial charge in [0.25, 0.3) is 11.7 Å². The van der Waals surface area contributed by atoms with E-state index >= 15 is 0 Å². The Balaban J connectivity index is 1.66. The summed E-state index contributed by atoms with van der Waals surface area (Å²) in [7, 11) is 0. The van der Waals surface area contributed by atoms with Crippen LogP contribution in [0, 0.1) is 11.6 Å². The van der Waals surface area contributed by atoms with E-state index in [-0.39, 0.29) is 24.3 Å². The quantitative estimate of drug-likeness (QED) is 0.559. The number of halogens is 2. The van der Waals surface area contributed by atoms with Crippen molar-refractivity contribution in [3.8, 4) is 0 Å². The zero-order chi connectivity index (χ0) is 17.1. The number of carbonyl (C=O) groups excluding carboxylic acids is 2. The van der Waals surface area contributed by atoms with E-state index in [1.807, 2.05) is 0 Å². The Kier molecular flexibility index (Phi) is 4.37. The van der Waals surface area contributed by atoms with E-state index in [0.29, 0.717) is 16.5 Å². The number of rotatable bonds is 5. The first-order valence-electron chi connectivity index (χ1n) is 7.39. The molecular formula is C18H14F2N2O2. The van der Waals surface area contributed by atoms with Crippen LogP contribution in [0.1, 0.15) is 15.9 Å². The summed E-state index contributed by atoms with van der Waals surface area (Å²) in [5, 5.41) is 2.96. The van der Waals surface area contributed by atoms with Crippen molar-refractivity contribution in [1.29, 1.82) is 0 Å². The minimum atomic E-state index is -0.781. The summed E-state index contributed by atoms with van der Waals surface area (Å²) >= 11 is 0. The second-order valence-corrected chi connectivity index (χ2v) is 5.32. The van der Waals surface area contributed by atoms with E-state index in [2.05, 4.69) is 10.3 Å². The Morgan fingerprint density at radius 1 is 1.08 bits per heavy atom. The summed E-state index contributed by atoms with van der Waals surface area (Å²) in [6.45, 7) is 0.141. The lowest BCUT2D eigenvalue weighted by Crippen LogP contribution is -2.32. The largest absolute Gasteiger partial charge is 0.360 e. The zero-order valence-corrected chi connectivity index (χ0v) is 12.6. The summed E-state index contributed by atoms with van der Waals surface area (Å²) in [4.78, 5) is 27.0. The highest BCUT2D eigenvalue weighted by molar-refractivity contribution is 6.44. The van der Waals surface area contributed by atoms with Gasteiger partial charge in [0.15, 0.2) is 0 Å². The Morgan fingerprint density at radius 3 is 2.67 bits per heavy atom. The molecular weight excluding hydrogens is 314 g/mol. The van der Waals surface area contributed by atoms with Crippen molar-refractivity contribution in [2.45, 2.75) is 6.42 Å². The van der Waals surface area contributed by atoms with Gasteiger partial charge in [0.1, 0.15) is 11.6 Å². The van der Waals surface area contributed by atoms with Crippen molar-refractivity contribution in [1.82, 2.24) is 10.3 Å². The van der Waals surface area contributed by atoms with Crippen LogP contribution in [0.2, 0.25) is 0 Å². The van der Waals surface area contributed by atoms with Gasteiger partial charge in [-0.15, -0.1) is 0 Å². The number of fused-ring (bicyclic) bond motifs is 1. The molecule has 0 saturated carbocycles. The molecule has 2 N–H and O–H groups in total. The van der Waals surface area contributed by atoms with Gasteiger partial charge in [0, 0.05) is 23.6 Å². The molecule has 24 heavy (non-hydrogen) atoms. The maximum absolute atomic E-state index is 13.5. The number of nitrogens with one attached hydrogen (secondary N) is 2. The molecule has 0 spiro atoms. The molecule has 0 unspecified atom stereocenters. The van der Waals surface area contributed by atoms with Crippen LogP contribution in [-0.4, -0.2) is 23.2 Å². The maximum Gasteiger partial charge on any atom is 0.292 e. The van der Waals surface area contributed by atoms with E-state index in [0.717, 1.165) is 0 Å². The van der Waals surface area contributed by atoms with Gasteiger partial charge in [-0.25, -0.2) is 8.78 Å². The van der Waals surface area contributed by atoms with Crippen LogP contribution >= 0.6 is 0 Å². The number of hydrogen-bond donors (Lipinski definition) is 2. The fraction of sp³-hybridized carbons (Fsp3) is 0.111. The molecule has 0 saturated heterocycles. The minimum Gasteiger partial charge on any atom is -0.360 e. The molecule has 0 aliphatic carbocycles. The zero-order valence-electron chi connectivity index (χ0n) is 12.6. The van der Waals surface area contributed by atoms with E-state index in [1.165, 1.54) is 30.5 Å². The lowest BCUT2D eigenvalue weighted by Gasteiger charge is -2.05. The highest BCUT2D eigenvalue weighted by Crippen LogP contribution is 2.19. The molecule has 1 aromatic heterocycles. The predicted molar refractivity (Wildman–Crippen MR) is 85.7 cm³/mol. The third-order valence-corrected chi connectivity index (χ3v) is 3.73. The molecule has 0 aliphatic rings. The number of benzene rings is 2. The molecule has 0 atom stereocenters. The molecule has 122 valence electrons. The van der Waals surface area contributed by atoms with Crippen molar-refractivity contribution in [2.24, 2.45) is 0 Å². The van der Waals surface area contributed by atoms with Crippen LogP contribution in [0.25, 0.3) is 10.9 Å². The number of H-pyrrole nitrogens is 1. The minimum absolute atomic E-state index is 0.141. The van der Waals surface area contributed by atoms with Gasteiger partial charge in [0.2, 0.25) is 0 Å². The number of aromatic nitrogens is 1. The fourth-order valence-electron chi connectivity index (χ4n) is 2.50. The average Bonchev–Trinajstić information content (AvgIpc) is 2.98. The van der Waals surface area contributed by atoms with Crippen molar-refractivity contribution >= 4 is 22.6 Å². The molecule has 4 nitrogen and oxygen atoms in total. The molecule has 3 aromatic rings. The first-order chi connectivity index (χ1) is 11.6. The smallest absolute Gasteiger partial charge is 0.292 e. The van der Waals surface area contributed by atoms with Crippen LogP contribution in [0.3, 0.4) is 0 Å². The summed E-state index contributed by atoms with van der Waals surface area (Å²) < 4.78 is 26.6. The molecule has 1 heterocycles. The maximum atomic E-state index is 13.5. The Hall–Kier alpha value is -3.02. The van der Waals surface area contributed by atoms with Crippen molar-refractivity contribution < 1.29 is 18.4 Å². The topological polar surface area (TPSA) is 62.0 Å². The molecule has 0 radical (unpaired) electrons. The predicted octanol–water partition coefficient (Wildman–Crippen LogP) is 2.99. The van der Waals surface area contributed by atoms with Gasteiger partial charge in [-0.05, 0) is 36.2 Å². The summed E-state index contributed by atoms with van der Waals surface area (Å²) in [6.07, 6.45) is 1.66. The highest BCUT2D eigenvalue weighted by Gasteiger charge is 2.19. The van der Waals surface area contributed by atoms with E-state index in [1.54, 1.807) is 18.2 Å². The standard InChI is InChI=1S/C18H14F2N2O2/c19-12-5-6-13-14(10-22-16(13)9-12)17(23)18(24)21-8-7-11-3-1-2-4-15(11)20/h1-6,9-10,22H,7-8H2,(H,21,24). The molecule has 2 aromatic carbocycles. The summed E-state index contributed by atoms with van der Waals surface area (Å²) in [5.41, 5.74) is 1.08. The summed E-state index contributed by atoms with van der Waals surface area (Å²) in [5.74, 6) is -2.28. The Labute approximate surface area is 136 Å². The Bertz CT molecular complexity index is 918. The number of ketones is 1. The van der Waals surface area contributed by atoms with Gasteiger partial charge in [0.05, 0.1) is 5.56 Å². The van der Waals surface area contributed by atoms with Crippen LogP contribution < -0.4 is 5.32 Å². The second kappa shape index (κ2) is 6.62. The normalized spacial score (nSPS) is 10.8. The van der Waals surface area contributed by atoms with Crippen LogP contribution in [-0.2, 0) is 11.2 Å². The molecule has 3 rings (SSSR count). The third kappa shape index (κ3) is 3.17. The fourth-order valence-corrected chi connectivity index (χ4v) is 2.50. The monoisotopic (exact) mass is 328 g/mol. The van der Waals surface area contributed by atoms with Crippen LogP contribution in [0.4, 0.5) is 8.78 Å². The van der Waals surface area contributed by atoms with E-state index < -0.39 is 17.5 Å². The van der Waals surface area contributed by atoms with Crippen LogP contribution in [0.5, 0.6) is 0 Å². The second-order valence-electron chi connectivity index (χ2n) is 5.32. The van der Waals surface area contributed by atoms with Crippen molar-refractivity contribution in [2.75, 3.05) is 6.54 Å². The van der Waals surface area contributed by atoms with Gasteiger partial charge in [-0.1, -0.05) is 18.2 Å². The number of hydrogen-bond acceptors (Lipinski definition) is 2. The molecule has 0 fully saturated rings. The van der Waals surface area contributed by atoms with E-state index in [4.69, 9.17) is 0 Å². The van der Waals surface area contributed by atoms with Crippen molar-refractivity contribution in [3.05, 3.63) is 71.4 Å². The third-order valence-electron chi connectivity index (χ3n) is 3.73. The van der Waals surface area contributed by atoms with Gasteiger partial charge in [-0.3, -0.25) is 9.59 Å².